The molecule has 28 heavy (non-hydrogen) atoms. The van der Waals surface area contributed by atoms with E-state index in [9.17, 15) is 9.59 Å². The average Bonchev–Trinajstić information content (AvgIpc) is 2.95. The number of likely N-dealkylation sites (tertiary alicyclic amines) is 2. The van der Waals surface area contributed by atoms with E-state index in [-0.39, 0.29) is 24.3 Å². The Labute approximate surface area is 167 Å². The van der Waals surface area contributed by atoms with Crippen LogP contribution >= 0.6 is 0 Å². The second-order valence-corrected chi connectivity index (χ2v) is 8.99. The number of nitrogens with zero attached hydrogens (tertiary/aromatic N) is 2. The summed E-state index contributed by atoms with van der Waals surface area (Å²) in [4.78, 5) is 29.1. The van der Waals surface area contributed by atoms with Gasteiger partial charge in [0.05, 0.1) is 5.54 Å². The lowest BCUT2D eigenvalue weighted by Gasteiger charge is -2.47. The summed E-state index contributed by atoms with van der Waals surface area (Å²) in [6, 6.07) is 9.70. The zero-order valence-electron chi connectivity index (χ0n) is 17.4. The molecular weight excluding hydrogens is 356 g/mol. The lowest BCUT2D eigenvalue weighted by Crippen LogP contribution is -2.61. The van der Waals surface area contributed by atoms with Crippen molar-refractivity contribution >= 4 is 12.2 Å². The number of hydrogen-bond donors (Lipinski definition) is 0. The summed E-state index contributed by atoms with van der Waals surface area (Å²) < 4.78 is 11.2. The zero-order valence-corrected chi connectivity index (χ0v) is 17.4. The van der Waals surface area contributed by atoms with Crippen molar-refractivity contribution in [2.75, 3.05) is 19.6 Å². The van der Waals surface area contributed by atoms with Crippen LogP contribution < -0.4 is 0 Å². The van der Waals surface area contributed by atoms with Gasteiger partial charge in [0.2, 0.25) is 0 Å². The number of carbonyl (C=O) groups excluding carboxylic acids is 2. The molecule has 0 radical (unpaired) electrons. The molecule has 2 aliphatic rings. The molecule has 0 bridgehead atoms. The monoisotopic (exact) mass is 388 g/mol. The summed E-state index contributed by atoms with van der Waals surface area (Å²) in [7, 11) is 0. The van der Waals surface area contributed by atoms with Crippen molar-refractivity contribution < 1.29 is 19.1 Å². The van der Waals surface area contributed by atoms with Crippen molar-refractivity contribution in [3.05, 3.63) is 35.9 Å². The third kappa shape index (κ3) is 4.42. The maximum Gasteiger partial charge on any atom is 0.410 e. The molecule has 1 spiro atoms. The predicted molar refractivity (Wildman–Crippen MR) is 107 cm³/mol. The van der Waals surface area contributed by atoms with Crippen LogP contribution in [0.5, 0.6) is 0 Å². The number of amides is 2. The fourth-order valence-corrected chi connectivity index (χ4v) is 4.32. The summed E-state index contributed by atoms with van der Waals surface area (Å²) in [6.45, 7) is 9.87. The van der Waals surface area contributed by atoms with E-state index in [1.54, 1.807) is 4.90 Å². The first-order valence-electron chi connectivity index (χ1n) is 10.2. The van der Waals surface area contributed by atoms with Crippen LogP contribution in [0.15, 0.2) is 30.3 Å². The molecule has 0 aliphatic carbocycles. The van der Waals surface area contributed by atoms with E-state index in [1.165, 1.54) is 0 Å². The van der Waals surface area contributed by atoms with Crippen LogP contribution in [0.4, 0.5) is 9.59 Å². The molecule has 2 aliphatic heterocycles. The second-order valence-electron chi connectivity index (χ2n) is 8.99. The molecule has 0 aromatic heterocycles. The quantitative estimate of drug-likeness (QED) is 0.752. The first-order chi connectivity index (χ1) is 13.2. The molecule has 3 rings (SSSR count). The van der Waals surface area contributed by atoms with Gasteiger partial charge in [-0.2, -0.15) is 0 Å². The van der Waals surface area contributed by atoms with Crippen LogP contribution in [0, 0.1) is 5.92 Å². The number of rotatable bonds is 2. The predicted octanol–water partition coefficient (Wildman–Crippen LogP) is 4.43. The summed E-state index contributed by atoms with van der Waals surface area (Å²) in [6.07, 6.45) is 2.06. The van der Waals surface area contributed by atoms with Gasteiger partial charge < -0.3 is 19.3 Å². The van der Waals surface area contributed by atoms with Crippen molar-refractivity contribution in [1.82, 2.24) is 9.80 Å². The molecule has 2 amide bonds. The first-order valence-corrected chi connectivity index (χ1v) is 10.2. The van der Waals surface area contributed by atoms with Crippen molar-refractivity contribution in [3.63, 3.8) is 0 Å². The highest BCUT2D eigenvalue weighted by molar-refractivity contribution is 5.71. The van der Waals surface area contributed by atoms with E-state index in [0.717, 1.165) is 24.8 Å². The van der Waals surface area contributed by atoms with Gasteiger partial charge in [-0.05, 0) is 51.5 Å². The van der Waals surface area contributed by atoms with Crippen molar-refractivity contribution in [2.24, 2.45) is 5.92 Å². The summed E-state index contributed by atoms with van der Waals surface area (Å²) in [5.41, 5.74) is 0.0661. The van der Waals surface area contributed by atoms with Gasteiger partial charge in [-0.15, -0.1) is 0 Å². The molecule has 2 atom stereocenters. The van der Waals surface area contributed by atoms with Gasteiger partial charge in [-0.25, -0.2) is 9.59 Å². The lowest BCUT2D eigenvalue weighted by molar-refractivity contribution is -0.0155. The third-order valence-electron chi connectivity index (χ3n) is 5.82. The Morgan fingerprint density at radius 2 is 1.86 bits per heavy atom. The van der Waals surface area contributed by atoms with Crippen LogP contribution in [-0.4, -0.2) is 52.8 Å². The highest BCUT2D eigenvalue weighted by Gasteiger charge is 2.52. The number of hydrogen-bond acceptors (Lipinski definition) is 4. The van der Waals surface area contributed by atoms with Gasteiger partial charge in [0.15, 0.2) is 0 Å². The number of piperidine rings is 1. The zero-order chi connectivity index (χ0) is 20.4. The van der Waals surface area contributed by atoms with Crippen LogP contribution in [0.2, 0.25) is 0 Å². The van der Waals surface area contributed by atoms with Crippen LogP contribution in [-0.2, 0) is 16.1 Å². The Hall–Kier alpha value is -2.24. The van der Waals surface area contributed by atoms with Gasteiger partial charge in [-0.3, -0.25) is 0 Å². The molecule has 154 valence electrons. The largest absolute Gasteiger partial charge is 0.445 e. The van der Waals surface area contributed by atoms with Crippen LogP contribution in [0.1, 0.15) is 52.5 Å². The fraction of sp³-hybridized carbons (Fsp3) is 0.636. The standard InChI is InChI=1S/C22H32N2O4/c1-17-11-14-24(20(26)27-15-18-9-6-5-7-10-18)22(17)12-8-13-23(16-22)19(25)28-21(2,3)4/h5-7,9-10,17H,8,11-16H2,1-4H3. The Morgan fingerprint density at radius 1 is 1.14 bits per heavy atom. The van der Waals surface area contributed by atoms with E-state index < -0.39 is 5.60 Å². The number of carbonyl (C=O) groups is 2. The Bertz CT molecular complexity index is 700. The average molecular weight is 389 g/mol. The van der Waals surface area contributed by atoms with E-state index >= 15 is 0 Å². The topological polar surface area (TPSA) is 59.1 Å². The minimum atomic E-state index is -0.530. The fourth-order valence-electron chi connectivity index (χ4n) is 4.32. The van der Waals surface area contributed by atoms with Gasteiger partial charge in [0, 0.05) is 19.6 Å². The summed E-state index contributed by atoms with van der Waals surface area (Å²) in [5, 5.41) is 0. The molecule has 1 aromatic carbocycles. The summed E-state index contributed by atoms with van der Waals surface area (Å²) >= 11 is 0. The highest BCUT2D eigenvalue weighted by Crippen LogP contribution is 2.42. The number of benzene rings is 1. The normalized spacial score (nSPS) is 25.1. The Balaban J connectivity index is 1.70. The first kappa shape index (κ1) is 20.5. The summed E-state index contributed by atoms with van der Waals surface area (Å²) in [5.74, 6) is 0.307. The second kappa shape index (κ2) is 8.02. The minimum absolute atomic E-state index is 0.260. The highest BCUT2D eigenvalue weighted by atomic mass is 16.6. The Kier molecular flexibility index (Phi) is 5.87. The van der Waals surface area contributed by atoms with Crippen molar-refractivity contribution in [1.29, 1.82) is 0 Å². The molecule has 2 fully saturated rings. The molecule has 2 saturated heterocycles. The van der Waals surface area contributed by atoms with Crippen LogP contribution in [0.3, 0.4) is 0 Å². The van der Waals surface area contributed by atoms with Gasteiger partial charge in [0.1, 0.15) is 12.2 Å². The van der Waals surface area contributed by atoms with Crippen molar-refractivity contribution in [3.8, 4) is 0 Å². The lowest BCUT2D eigenvalue weighted by atomic mass is 9.79. The smallest absolute Gasteiger partial charge is 0.410 e. The molecule has 0 saturated carbocycles. The SMILES string of the molecule is CC1CCN(C(=O)OCc2ccccc2)C12CCCN(C(=O)OC(C)(C)C)C2. The van der Waals surface area contributed by atoms with E-state index in [2.05, 4.69) is 6.92 Å². The Morgan fingerprint density at radius 3 is 2.54 bits per heavy atom. The van der Waals surface area contributed by atoms with Crippen molar-refractivity contribution in [2.45, 2.75) is 64.7 Å². The molecule has 6 nitrogen and oxygen atoms in total. The molecule has 2 heterocycles. The van der Waals surface area contributed by atoms with E-state index in [4.69, 9.17) is 9.47 Å². The molecule has 2 unspecified atom stereocenters. The number of ether oxygens (including phenoxy) is 2. The maximum absolute atomic E-state index is 12.9. The molecular formula is C22H32N2O4. The van der Waals surface area contributed by atoms with Gasteiger partial charge in [0.25, 0.3) is 0 Å². The van der Waals surface area contributed by atoms with E-state index in [0.29, 0.717) is 25.6 Å². The van der Waals surface area contributed by atoms with Gasteiger partial charge in [-0.1, -0.05) is 37.3 Å². The molecule has 6 heteroatoms. The van der Waals surface area contributed by atoms with Gasteiger partial charge >= 0.3 is 12.2 Å². The molecule has 1 aromatic rings. The minimum Gasteiger partial charge on any atom is -0.445 e. The van der Waals surface area contributed by atoms with E-state index in [1.807, 2.05) is 56.0 Å². The third-order valence-corrected chi connectivity index (χ3v) is 5.82. The molecule has 0 N–H and O–H groups in total. The van der Waals surface area contributed by atoms with Crippen LogP contribution in [0.25, 0.3) is 0 Å². The maximum atomic E-state index is 12.9.